The first-order chi connectivity index (χ1) is 20.6. The van der Waals surface area contributed by atoms with Gasteiger partial charge in [0.25, 0.3) is 0 Å². The molecule has 2 aliphatic rings. The molecule has 212 valence electrons. The molecule has 42 heavy (non-hydrogen) atoms. The Morgan fingerprint density at radius 2 is 1.76 bits per heavy atom. The summed E-state index contributed by atoms with van der Waals surface area (Å²) in [4.78, 5) is 17.7. The van der Waals surface area contributed by atoms with Crippen LogP contribution in [0.25, 0.3) is 22.2 Å². The maximum atomic E-state index is 13.9. The Hall–Kier alpha value is -4.53. The number of quaternary nitrogens is 1. The van der Waals surface area contributed by atoms with Gasteiger partial charge in [-0.25, -0.2) is 0 Å². The molecule has 0 bridgehead atoms. The highest BCUT2D eigenvalue weighted by Gasteiger charge is 2.34. The van der Waals surface area contributed by atoms with Gasteiger partial charge < -0.3 is 29.1 Å². The summed E-state index contributed by atoms with van der Waals surface area (Å²) in [5.74, 6) is 2.15. The molecule has 9 heteroatoms. The van der Waals surface area contributed by atoms with Crippen molar-refractivity contribution in [3.63, 3.8) is 0 Å². The number of ketones is 1. The summed E-state index contributed by atoms with van der Waals surface area (Å²) < 4.78 is 17.3. The van der Waals surface area contributed by atoms with Gasteiger partial charge in [-0.2, -0.15) is 0 Å². The molecule has 0 radical (unpaired) electrons. The quantitative estimate of drug-likeness (QED) is 0.255. The minimum Gasteiger partial charge on any atom is -0.497 e. The van der Waals surface area contributed by atoms with Gasteiger partial charge in [0.05, 0.1) is 55.6 Å². The predicted octanol–water partition coefficient (Wildman–Crippen LogP) is 5.23. The largest absolute Gasteiger partial charge is 0.497 e. The van der Waals surface area contributed by atoms with Crippen LogP contribution in [0.4, 0.5) is 17.1 Å². The Bertz CT molecular complexity index is 1780. The number of ether oxygens (including phenoxy) is 2. The van der Waals surface area contributed by atoms with Crippen LogP contribution in [-0.4, -0.2) is 57.4 Å². The Labute approximate surface area is 248 Å². The molecule has 0 amide bonds. The van der Waals surface area contributed by atoms with E-state index in [9.17, 15) is 4.79 Å². The van der Waals surface area contributed by atoms with Crippen molar-refractivity contribution in [3.05, 3.63) is 95.0 Å². The van der Waals surface area contributed by atoms with Gasteiger partial charge in [-0.05, 0) is 42.5 Å². The zero-order chi connectivity index (χ0) is 28.6. The second kappa shape index (κ2) is 11.0. The number of anilines is 3. The molecule has 2 heterocycles. The van der Waals surface area contributed by atoms with Crippen molar-refractivity contribution in [2.75, 3.05) is 56.7 Å². The summed E-state index contributed by atoms with van der Waals surface area (Å²) in [5.41, 5.74) is 5.19. The lowest BCUT2D eigenvalue weighted by atomic mass is 9.86. The molecule has 0 spiro atoms. The number of hydrogen-bond acceptors (Lipinski definition) is 7. The molecule has 1 fully saturated rings. The van der Waals surface area contributed by atoms with E-state index in [0.717, 1.165) is 72.2 Å². The number of carbonyl (C=O) groups is 1. The third-order valence-corrected chi connectivity index (χ3v) is 8.33. The minimum absolute atomic E-state index is 0.0433. The smallest absolute Gasteiger partial charge is 0.196 e. The lowest BCUT2D eigenvalue weighted by molar-refractivity contribution is -0.900. The molecule has 1 saturated heterocycles. The minimum atomic E-state index is -0.0433. The average molecular weight is 582 g/mol. The van der Waals surface area contributed by atoms with Crippen LogP contribution in [0.1, 0.15) is 15.9 Å². The third-order valence-electron chi connectivity index (χ3n) is 8.08. The van der Waals surface area contributed by atoms with Crippen LogP contribution in [0.2, 0.25) is 5.02 Å². The molecule has 1 aliphatic carbocycles. The number of rotatable bonds is 8. The Morgan fingerprint density at radius 1 is 0.976 bits per heavy atom. The van der Waals surface area contributed by atoms with Crippen molar-refractivity contribution in [1.82, 2.24) is 5.16 Å². The molecular weight excluding hydrogens is 552 g/mol. The van der Waals surface area contributed by atoms with E-state index >= 15 is 0 Å². The van der Waals surface area contributed by atoms with Crippen LogP contribution >= 0.6 is 11.6 Å². The first-order valence-corrected chi connectivity index (χ1v) is 14.5. The van der Waals surface area contributed by atoms with E-state index in [1.165, 1.54) is 4.90 Å². The second-order valence-corrected chi connectivity index (χ2v) is 11.0. The lowest BCUT2D eigenvalue weighted by Crippen LogP contribution is -3.15. The van der Waals surface area contributed by atoms with E-state index < -0.39 is 0 Å². The zero-order valence-corrected chi connectivity index (χ0v) is 23.9. The number of benzene rings is 4. The van der Waals surface area contributed by atoms with E-state index in [1.807, 2.05) is 78.9 Å². The highest BCUT2D eigenvalue weighted by Crippen LogP contribution is 2.46. The summed E-state index contributed by atoms with van der Waals surface area (Å²) in [7, 11) is 1.64. The van der Waals surface area contributed by atoms with Crippen molar-refractivity contribution >= 4 is 45.3 Å². The van der Waals surface area contributed by atoms with Crippen LogP contribution in [0.15, 0.2) is 83.4 Å². The summed E-state index contributed by atoms with van der Waals surface area (Å²) in [6.07, 6.45) is 0. The van der Waals surface area contributed by atoms with E-state index in [2.05, 4.69) is 15.4 Å². The normalized spacial score (nSPS) is 14.6. The van der Waals surface area contributed by atoms with Gasteiger partial charge in [0.15, 0.2) is 11.5 Å². The molecule has 0 atom stereocenters. The lowest BCUT2D eigenvalue weighted by Gasteiger charge is -2.34. The molecule has 5 aromatic rings. The highest BCUT2D eigenvalue weighted by atomic mass is 35.5. The molecule has 0 unspecified atom stereocenters. The monoisotopic (exact) mass is 581 g/mol. The summed E-state index contributed by atoms with van der Waals surface area (Å²) in [6.45, 7) is 5.15. The van der Waals surface area contributed by atoms with E-state index in [-0.39, 0.29) is 5.78 Å². The van der Waals surface area contributed by atoms with Gasteiger partial charge in [0.2, 0.25) is 0 Å². The second-order valence-electron chi connectivity index (χ2n) is 10.6. The van der Waals surface area contributed by atoms with Crippen LogP contribution in [0.5, 0.6) is 11.5 Å². The van der Waals surface area contributed by atoms with Gasteiger partial charge in [0, 0.05) is 27.9 Å². The van der Waals surface area contributed by atoms with Crippen molar-refractivity contribution in [2.24, 2.45) is 0 Å². The highest BCUT2D eigenvalue weighted by molar-refractivity contribution is 6.30. The predicted molar refractivity (Wildman–Crippen MR) is 164 cm³/mol. The molecule has 0 saturated carbocycles. The summed E-state index contributed by atoms with van der Waals surface area (Å²) in [5, 5.41) is 9.50. The standard InChI is InChI=1S/C33H29ClN4O4/c1-40-24-6-4-5-22(19-24)35-27-20-28(31-30-29(27)32(39)25-7-2-3-8-26(25)33(30)42-36-31)38-15-13-37(14-16-38)17-18-41-23-11-9-21(34)10-12-23/h2-12,19-20,35H,13-18H2,1H3/p+1. The maximum Gasteiger partial charge on any atom is 0.196 e. The Balaban J connectivity index is 1.18. The number of nitrogens with zero attached hydrogens (tertiary/aromatic N) is 2. The van der Waals surface area contributed by atoms with Gasteiger partial charge in [-0.3, -0.25) is 4.79 Å². The van der Waals surface area contributed by atoms with Crippen molar-refractivity contribution < 1.29 is 23.7 Å². The first kappa shape index (κ1) is 26.4. The molecule has 1 aromatic heterocycles. The fourth-order valence-electron chi connectivity index (χ4n) is 5.90. The number of piperazine rings is 1. The number of methoxy groups -OCH3 is 1. The number of aromatic nitrogens is 1. The van der Waals surface area contributed by atoms with E-state index in [1.54, 1.807) is 7.11 Å². The number of fused-ring (bicyclic) bond motifs is 2. The number of nitrogens with one attached hydrogen (secondary N) is 2. The van der Waals surface area contributed by atoms with Crippen LogP contribution in [0, 0.1) is 0 Å². The Kier molecular flexibility index (Phi) is 6.93. The third kappa shape index (κ3) is 4.82. The van der Waals surface area contributed by atoms with Crippen molar-refractivity contribution in [3.8, 4) is 22.8 Å². The summed E-state index contributed by atoms with van der Waals surface area (Å²) >= 11 is 5.98. The number of hydrogen-bond donors (Lipinski definition) is 2. The zero-order valence-electron chi connectivity index (χ0n) is 23.2. The van der Waals surface area contributed by atoms with Gasteiger partial charge in [0.1, 0.15) is 30.2 Å². The summed E-state index contributed by atoms with van der Waals surface area (Å²) in [6, 6.07) is 24.8. The van der Waals surface area contributed by atoms with Crippen LogP contribution < -0.4 is 24.6 Å². The molecule has 2 N–H and O–H groups in total. The van der Waals surface area contributed by atoms with Gasteiger partial charge in [-0.1, -0.05) is 47.1 Å². The van der Waals surface area contributed by atoms with Crippen LogP contribution in [-0.2, 0) is 0 Å². The van der Waals surface area contributed by atoms with Crippen LogP contribution in [0.3, 0.4) is 0 Å². The fourth-order valence-corrected chi connectivity index (χ4v) is 6.02. The number of carbonyl (C=O) groups excluding carboxylic acids is 1. The van der Waals surface area contributed by atoms with E-state index in [4.69, 9.17) is 25.6 Å². The van der Waals surface area contributed by atoms with E-state index in [0.29, 0.717) is 34.0 Å². The maximum absolute atomic E-state index is 13.9. The molecule has 7 rings (SSSR count). The average Bonchev–Trinajstić information content (AvgIpc) is 3.47. The van der Waals surface area contributed by atoms with Gasteiger partial charge >= 0.3 is 0 Å². The SMILES string of the molecule is COc1cccc(Nc2cc(N3CC[NH+](CCOc4ccc(Cl)cc4)CC3)c3noc4c3c2C(=O)c2ccccc2-4)c1. The fraction of sp³-hybridized carbons (Fsp3) is 0.212. The van der Waals surface area contributed by atoms with Crippen molar-refractivity contribution in [2.45, 2.75) is 0 Å². The van der Waals surface area contributed by atoms with Gasteiger partial charge in [-0.15, -0.1) is 0 Å². The topological polar surface area (TPSA) is 81.3 Å². The Morgan fingerprint density at radius 3 is 2.55 bits per heavy atom. The molecule has 8 nitrogen and oxygen atoms in total. The number of halogens is 1. The molecule has 4 aromatic carbocycles. The first-order valence-electron chi connectivity index (χ1n) is 14.1. The molecule has 1 aliphatic heterocycles. The van der Waals surface area contributed by atoms with Crippen molar-refractivity contribution in [1.29, 1.82) is 0 Å². The molecular formula is C33H30ClN4O4+.